The van der Waals surface area contributed by atoms with Gasteiger partial charge in [0.1, 0.15) is 5.82 Å². The minimum absolute atomic E-state index is 0.121. The smallest absolute Gasteiger partial charge is 0.290 e. The number of hydrogen-bond donors (Lipinski definition) is 3. The Morgan fingerprint density at radius 2 is 1.97 bits per heavy atom. The number of halogens is 1. The average Bonchev–Trinajstić information content (AvgIpc) is 3.14. The molecule has 0 amide bonds. The summed E-state index contributed by atoms with van der Waals surface area (Å²) in [5.41, 5.74) is 6.40. The summed E-state index contributed by atoms with van der Waals surface area (Å²) in [5.74, 6) is 0.575. The summed E-state index contributed by atoms with van der Waals surface area (Å²) in [5, 5.41) is 19.7. The number of benzene rings is 1. The van der Waals surface area contributed by atoms with Gasteiger partial charge in [0.25, 0.3) is 6.47 Å². The third-order valence-corrected chi connectivity index (χ3v) is 6.32. The zero-order valence-corrected chi connectivity index (χ0v) is 17.7. The number of nitrogen functional groups attached to an aromatic ring is 1. The van der Waals surface area contributed by atoms with Crippen LogP contribution in [0.5, 0.6) is 0 Å². The number of para-hydroxylation sites is 1. The van der Waals surface area contributed by atoms with Crippen LogP contribution in [-0.4, -0.2) is 65.4 Å². The van der Waals surface area contributed by atoms with Gasteiger partial charge >= 0.3 is 0 Å². The highest BCUT2D eigenvalue weighted by Gasteiger charge is 2.26. The first-order valence-electron chi connectivity index (χ1n) is 10.2. The van der Waals surface area contributed by atoms with Gasteiger partial charge in [-0.1, -0.05) is 29.9 Å². The first-order chi connectivity index (χ1) is 14.6. The molecule has 1 saturated heterocycles. The van der Waals surface area contributed by atoms with Crippen molar-refractivity contribution in [3.63, 3.8) is 0 Å². The summed E-state index contributed by atoms with van der Waals surface area (Å²) in [6, 6.07) is 7.53. The highest BCUT2D eigenvalue weighted by molar-refractivity contribution is 7.18. The lowest BCUT2D eigenvalue weighted by atomic mass is 9.85. The van der Waals surface area contributed by atoms with Gasteiger partial charge in [-0.05, 0) is 37.3 Å². The van der Waals surface area contributed by atoms with E-state index in [1.165, 1.54) is 30.6 Å². The van der Waals surface area contributed by atoms with Crippen molar-refractivity contribution in [1.82, 2.24) is 15.1 Å². The molecule has 2 aliphatic rings. The number of carbonyl (C=O) groups is 1. The lowest BCUT2D eigenvalue weighted by Crippen LogP contribution is -2.48. The van der Waals surface area contributed by atoms with Gasteiger partial charge in [0.15, 0.2) is 0 Å². The summed E-state index contributed by atoms with van der Waals surface area (Å²) in [6.07, 6.45) is 4.86. The van der Waals surface area contributed by atoms with Crippen molar-refractivity contribution >= 4 is 33.8 Å². The summed E-state index contributed by atoms with van der Waals surface area (Å²) >= 11 is 1.42. The molecule has 0 spiro atoms. The molecule has 4 rings (SSSR count). The summed E-state index contributed by atoms with van der Waals surface area (Å²) in [6.45, 7) is 4.64. The third-order valence-electron chi connectivity index (χ3n) is 5.63. The van der Waals surface area contributed by atoms with E-state index in [1.54, 1.807) is 12.1 Å². The second-order valence-electron chi connectivity index (χ2n) is 7.66. The maximum absolute atomic E-state index is 14.0. The van der Waals surface area contributed by atoms with Crippen molar-refractivity contribution in [3.05, 3.63) is 30.1 Å². The molecule has 2 aromatic rings. The maximum atomic E-state index is 14.0. The molecule has 10 heteroatoms. The molecular formula is C20H29FN6O2S. The van der Waals surface area contributed by atoms with E-state index in [2.05, 4.69) is 25.3 Å². The molecule has 2 fully saturated rings. The van der Waals surface area contributed by atoms with Crippen molar-refractivity contribution in [2.45, 2.75) is 31.7 Å². The number of nitrogens with one attached hydrogen (secondary N) is 1. The van der Waals surface area contributed by atoms with Crippen LogP contribution in [-0.2, 0) is 4.79 Å². The predicted molar refractivity (Wildman–Crippen MR) is 117 cm³/mol. The van der Waals surface area contributed by atoms with E-state index in [1.807, 2.05) is 12.1 Å². The summed E-state index contributed by atoms with van der Waals surface area (Å²) < 4.78 is 14.0. The van der Waals surface area contributed by atoms with Crippen molar-refractivity contribution < 1.29 is 14.3 Å². The molecule has 2 heterocycles. The van der Waals surface area contributed by atoms with Crippen LogP contribution < -0.4 is 16.0 Å². The van der Waals surface area contributed by atoms with Crippen molar-refractivity contribution in [3.8, 4) is 0 Å². The quantitative estimate of drug-likeness (QED) is 0.614. The first kappa shape index (κ1) is 22.2. The number of carboxylic acid groups (broad SMARTS) is 1. The zero-order valence-electron chi connectivity index (χ0n) is 16.9. The van der Waals surface area contributed by atoms with Crippen LogP contribution in [0.15, 0.2) is 24.3 Å². The Bertz CT molecular complexity index is 799. The summed E-state index contributed by atoms with van der Waals surface area (Å²) in [4.78, 5) is 13.1. The van der Waals surface area contributed by atoms with E-state index >= 15 is 0 Å². The number of hydrogen-bond acceptors (Lipinski definition) is 8. The highest BCUT2D eigenvalue weighted by Crippen LogP contribution is 2.29. The number of nitrogens with zero attached hydrogens (tertiary/aromatic N) is 4. The second-order valence-corrected chi connectivity index (χ2v) is 8.67. The van der Waals surface area contributed by atoms with E-state index < -0.39 is 0 Å². The second kappa shape index (κ2) is 11.1. The molecule has 1 aliphatic heterocycles. The van der Waals surface area contributed by atoms with Crippen LogP contribution >= 0.6 is 11.3 Å². The lowest BCUT2D eigenvalue weighted by Gasteiger charge is -2.39. The van der Waals surface area contributed by atoms with E-state index in [0.717, 1.165) is 50.0 Å². The Kier molecular flexibility index (Phi) is 8.21. The lowest BCUT2D eigenvalue weighted by molar-refractivity contribution is -0.122. The van der Waals surface area contributed by atoms with Gasteiger partial charge in [0.2, 0.25) is 10.3 Å². The van der Waals surface area contributed by atoms with E-state index in [9.17, 15) is 4.39 Å². The number of rotatable bonds is 5. The fourth-order valence-corrected chi connectivity index (χ4v) is 4.89. The Morgan fingerprint density at radius 1 is 1.23 bits per heavy atom. The fourth-order valence-electron chi connectivity index (χ4n) is 4.30. The number of nitrogens with two attached hydrogens (primary N) is 1. The molecule has 0 unspecified atom stereocenters. The van der Waals surface area contributed by atoms with Crippen molar-refractivity contribution in [2.24, 2.45) is 5.92 Å². The molecule has 4 N–H and O–H groups in total. The molecule has 2 atom stereocenters. The fraction of sp³-hybridized carbons (Fsp3) is 0.550. The minimum Gasteiger partial charge on any atom is -0.483 e. The van der Waals surface area contributed by atoms with Crippen LogP contribution in [0.2, 0.25) is 0 Å². The van der Waals surface area contributed by atoms with Gasteiger partial charge in [0.05, 0.1) is 5.69 Å². The van der Waals surface area contributed by atoms with Crippen molar-refractivity contribution in [1.29, 1.82) is 0 Å². The monoisotopic (exact) mass is 436 g/mol. The molecule has 0 radical (unpaired) electrons. The first-order valence-corrected chi connectivity index (χ1v) is 11.1. The molecule has 1 aromatic carbocycles. The zero-order chi connectivity index (χ0) is 21.3. The third kappa shape index (κ3) is 6.27. The Labute approximate surface area is 179 Å². The van der Waals surface area contributed by atoms with Crippen LogP contribution in [0.25, 0.3) is 0 Å². The maximum Gasteiger partial charge on any atom is 0.290 e. The topological polar surface area (TPSA) is 108 Å². The van der Waals surface area contributed by atoms with E-state index in [4.69, 9.17) is 15.6 Å². The molecule has 164 valence electrons. The van der Waals surface area contributed by atoms with Gasteiger partial charge in [-0.25, -0.2) is 4.39 Å². The summed E-state index contributed by atoms with van der Waals surface area (Å²) in [7, 11) is 0. The minimum atomic E-state index is -0.250. The predicted octanol–water partition coefficient (Wildman–Crippen LogP) is 2.75. The normalized spacial score (nSPS) is 22.1. The number of anilines is 3. The van der Waals surface area contributed by atoms with Crippen LogP contribution in [0.4, 0.5) is 20.3 Å². The molecule has 30 heavy (non-hydrogen) atoms. The molecular weight excluding hydrogens is 407 g/mol. The Morgan fingerprint density at radius 3 is 2.63 bits per heavy atom. The van der Waals surface area contributed by atoms with Crippen LogP contribution in [0.1, 0.15) is 25.7 Å². The average molecular weight is 437 g/mol. The standard InChI is InChI=1S/C19H27FN6S.CH2O2/c20-16-6-1-2-7-17(16)26-10-8-25(9-11-26)13-14-4-3-5-15(12-14)22-19-24-23-18(21)27-19;2-1-3/h1-2,6-7,14-15H,3-5,8-13H2,(H2,21,23)(H,22,24);1H,(H,2,3)/t14-,15+;/m1./s1. The SMILES string of the molecule is Nc1nnc(N[C@H]2CCC[C@@H](CN3CCN(c4ccccc4F)CC3)C2)s1.O=CO. The number of aromatic nitrogens is 2. The Balaban J connectivity index is 0.000000806. The molecule has 1 saturated carbocycles. The molecule has 1 aromatic heterocycles. The molecule has 1 aliphatic carbocycles. The largest absolute Gasteiger partial charge is 0.483 e. The molecule has 8 nitrogen and oxygen atoms in total. The van der Waals surface area contributed by atoms with E-state index in [0.29, 0.717) is 17.1 Å². The van der Waals surface area contributed by atoms with Gasteiger partial charge in [-0.2, -0.15) is 0 Å². The Hall–Kier alpha value is -2.46. The van der Waals surface area contributed by atoms with Crippen LogP contribution in [0, 0.1) is 11.7 Å². The van der Waals surface area contributed by atoms with E-state index in [-0.39, 0.29) is 12.3 Å². The van der Waals surface area contributed by atoms with Gasteiger partial charge in [0, 0.05) is 38.8 Å². The molecule has 0 bridgehead atoms. The van der Waals surface area contributed by atoms with Crippen molar-refractivity contribution in [2.75, 3.05) is 48.7 Å². The highest BCUT2D eigenvalue weighted by atomic mass is 32.1. The number of piperazine rings is 1. The van der Waals surface area contributed by atoms with Gasteiger partial charge in [-0.3, -0.25) is 9.69 Å². The van der Waals surface area contributed by atoms with Gasteiger partial charge < -0.3 is 21.1 Å². The van der Waals surface area contributed by atoms with Crippen LogP contribution in [0.3, 0.4) is 0 Å². The van der Waals surface area contributed by atoms with Gasteiger partial charge in [-0.15, -0.1) is 10.2 Å².